The SMILES string of the molecule is Cc1cc(Br)ccc1S(=O)(=O)N1CCOc2cccc(C)c21. The van der Waals surface area contributed by atoms with Gasteiger partial charge in [0.15, 0.2) is 0 Å². The molecule has 3 rings (SSSR count). The minimum Gasteiger partial charge on any atom is -0.489 e. The van der Waals surface area contributed by atoms with Crippen molar-refractivity contribution >= 4 is 31.6 Å². The van der Waals surface area contributed by atoms with E-state index in [0.29, 0.717) is 29.5 Å². The summed E-state index contributed by atoms with van der Waals surface area (Å²) in [6.07, 6.45) is 0. The van der Waals surface area contributed by atoms with Crippen molar-refractivity contribution in [2.24, 2.45) is 0 Å². The molecule has 0 unspecified atom stereocenters. The Labute approximate surface area is 138 Å². The molecule has 6 heteroatoms. The average Bonchev–Trinajstić information content (AvgIpc) is 2.46. The molecule has 0 fully saturated rings. The van der Waals surface area contributed by atoms with E-state index >= 15 is 0 Å². The van der Waals surface area contributed by atoms with E-state index in [1.165, 1.54) is 4.31 Å². The lowest BCUT2D eigenvalue weighted by molar-refractivity contribution is 0.315. The van der Waals surface area contributed by atoms with Crippen molar-refractivity contribution in [2.75, 3.05) is 17.5 Å². The van der Waals surface area contributed by atoms with Gasteiger partial charge in [-0.25, -0.2) is 8.42 Å². The fourth-order valence-corrected chi connectivity index (χ4v) is 4.89. The van der Waals surface area contributed by atoms with Gasteiger partial charge in [-0.1, -0.05) is 28.1 Å². The van der Waals surface area contributed by atoms with E-state index in [-0.39, 0.29) is 0 Å². The predicted octanol–water partition coefficient (Wildman–Crippen LogP) is 3.65. The number of para-hydroxylation sites is 1. The van der Waals surface area contributed by atoms with Crippen molar-refractivity contribution in [3.8, 4) is 5.75 Å². The molecule has 116 valence electrons. The minimum atomic E-state index is -3.61. The van der Waals surface area contributed by atoms with E-state index in [2.05, 4.69) is 15.9 Å². The first-order chi connectivity index (χ1) is 10.4. The van der Waals surface area contributed by atoms with Gasteiger partial charge in [-0.2, -0.15) is 0 Å². The summed E-state index contributed by atoms with van der Waals surface area (Å²) in [4.78, 5) is 0.326. The van der Waals surface area contributed by atoms with Gasteiger partial charge in [-0.15, -0.1) is 0 Å². The number of benzene rings is 2. The third kappa shape index (κ3) is 2.50. The maximum Gasteiger partial charge on any atom is 0.264 e. The molecule has 0 atom stereocenters. The molecule has 0 spiro atoms. The number of aryl methyl sites for hydroxylation is 2. The van der Waals surface area contributed by atoms with Gasteiger partial charge in [-0.3, -0.25) is 4.31 Å². The van der Waals surface area contributed by atoms with Crippen molar-refractivity contribution in [3.05, 3.63) is 52.0 Å². The third-order valence-electron chi connectivity index (χ3n) is 3.71. The Bertz CT molecular complexity index is 833. The number of nitrogens with zero attached hydrogens (tertiary/aromatic N) is 1. The molecule has 0 N–H and O–H groups in total. The summed E-state index contributed by atoms with van der Waals surface area (Å²) in [7, 11) is -3.61. The third-order valence-corrected chi connectivity index (χ3v) is 6.16. The molecule has 0 aromatic heterocycles. The zero-order valence-corrected chi connectivity index (χ0v) is 14.7. The van der Waals surface area contributed by atoms with Crippen LogP contribution in [-0.4, -0.2) is 21.6 Å². The van der Waals surface area contributed by atoms with Crippen LogP contribution in [0.25, 0.3) is 0 Å². The number of fused-ring (bicyclic) bond motifs is 1. The number of sulfonamides is 1. The van der Waals surface area contributed by atoms with Crippen molar-refractivity contribution in [1.82, 2.24) is 0 Å². The minimum absolute atomic E-state index is 0.315. The second-order valence-corrected chi connectivity index (χ2v) is 8.00. The highest BCUT2D eigenvalue weighted by atomic mass is 79.9. The molecule has 0 radical (unpaired) electrons. The highest BCUT2D eigenvalue weighted by Gasteiger charge is 2.32. The molecule has 2 aromatic carbocycles. The Morgan fingerprint density at radius 2 is 1.91 bits per heavy atom. The van der Waals surface area contributed by atoms with Gasteiger partial charge in [0.25, 0.3) is 10.0 Å². The van der Waals surface area contributed by atoms with Gasteiger partial charge in [0, 0.05) is 4.47 Å². The van der Waals surface area contributed by atoms with Gasteiger partial charge < -0.3 is 4.74 Å². The summed E-state index contributed by atoms with van der Waals surface area (Å²) in [5.41, 5.74) is 2.24. The van der Waals surface area contributed by atoms with Crippen LogP contribution in [0.3, 0.4) is 0 Å². The molecule has 0 aliphatic carbocycles. The van der Waals surface area contributed by atoms with Crippen LogP contribution in [-0.2, 0) is 10.0 Å². The van der Waals surface area contributed by atoms with Crippen molar-refractivity contribution < 1.29 is 13.2 Å². The smallest absolute Gasteiger partial charge is 0.264 e. The number of hydrogen-bond donors (Lipinski definition) is 0. The van der Waals surface area contributed by atoms with Gasteiger partial charge in [0.1, 0.15) is 12.4 Å². The second-order valence-electron chi connectivity index (χ2n) is 5.26. The van der Waals surface area contributed by atoms with Crippen LogP contribution >= 0.6 is 15.9 Å². The Balaban J connectivity index is 2.16. The summed E-state index contributed by atoms with van der Waals surface area (Å²) >= 11 is 3.37. The molecule has 0 bridgehead atoms. The largest absolute Gasteiger partial charge is 0.489 e. The number of ether oxygens (including phenoxy) is 1. The molecule has 1 aliphatic heterocycles. The second kappa shape index (κ2) is 5.59. The molecule has 2 aromatic rings. The normalized spacial score (nSPS) is 14.4. The molecule has 22 heavy (non-hydrogen) atoms. The van der Waals surface area contributed by atoms with Crippen LogP contribution in [0, 0.1) is 13.8 Å². The number of rotatable bonds is 2. The zero-order valence-electron chi connectivity index (χ0n) is 12.3. The standard InChI is InChI=1S/C16H16BrNO3S/c1-11-4-3-5-14-16(11)18(8-9-21-14)22(19,20)15-7-6-13(17)10-12(15)2/h3-7,10H,8-9H2,1-2H3. The van der Waals surface area contributed by atoms with E-state index in [1.807, 2.05) is 25.1 Å². The Morgan fingerprint density at radius 3 is 2.64 bits per heavy atom. The maximum absolute atomic E-state index is 13.1. The lowest BCUT2D eigenvalue weighted by atomic mass is 10.1. The molecule has 4 nitrogen and oxygen atoms in total. The fraction of sp³-hybridized carbons (Fsp3) is 0.250. The summed E-state index contributed by atoms with van der Waals surface area (Å²) in [6.45, 7) is 4.36. The molecule has 0 saturated heterocycles. The lowest BCUT2D eigenvalue weighted by Gasteiger charge is -2.32. The van der Waals surface area contributed by atoms with E-state index in [4.69, 9.17) is 4.74 Å². The molecule has 0 amide bonds. The van der Waals surface area contributed by atoms with Gasteiger partial charge in [0.2, 0.25) is 0 Å². The zero-order chi connectivity index (χ0) is 15.9. The van der Waals surface area contributed by atoms with Gasteiger partial charge in [-0.05, 0) is 49.2 Å². The highest BCUT2D eigenvalue weighted by Crippen LogP contribution is 2.38. The van der Waals surface area contributed by atoms with Crippen LogP contribution in [0.4, 0.5) is 5.69 Å². The summed E-state index contributed by atoms with van der Waals surface area (Å²) < 4.78 is 34.1. The van der Waals surface area contributed by atoms with Crippen LogP contribution < -0.4 is 9.04 Å². The van der Waals surface area contributed by atoms with Crippen molar-refractivity contribution in [1.29, 1.82) is 0 Å². The topological polar surface area (TPSA) is 46.6 Å². The van der Waals surface area contributed by atoms with Crippen molar-refractivity contribution in [2.45, 2.75) is 18.7 Å². The first kappa shape index (κ1) is 15.4. The first-order valence-electron chi connectivity index (χ1n) is 6.92. The Kier molecular flexibility index (Phi) is 3.91. The van der Waals surface area contributed by atoms with Gasteiger partial charge >= 0.3 is 0 Å². The van der Waals surface area contributed by atoms with Crippen LogP contribution in [0.2, 0.25) is 0 Å². The summed E-state index contributed by atoms with van der Waals surface area (Å²) in [5.74, 6) is 0.615. The van der Waals surface area contributed by atoms with Crippen molar-refractivity contribution in [3.63, 3.8) is 0 Å². The monoisotopic (exact) mass is 381 g/mol. The van der Waals surface area contributed by atoms with Gasteiger partial charge in [0.05, 0.1) is 17.1 Å². The van der Waals surface area contributed by atoms with Crippen LogP contribution in [0.1, 0.15) is 11.1 Å². The molecule has 1 heterocycles. The van der Waals surface area contributed by atoms with E-state index in [9.17, 15) is 8.42 Å². The fourth-order valence-electron chi connectivity index (χ4n) is 2.68. The Hall–Kier alpha value is -1.53. The molecule has 0 saturated carbocycles. The first-order valence-corrected chi connectivity index (χ1v) is 9.16. The summed E-state index contributed by atoms with van der Waals surface area (Å²) in [5, 5.41) is 0. The number of anilines is 1. The van der Waals surface area contributed by atoms with E-state index in [0.717, 1.165) is 15.6 Å². The average molecular weight is 382 g/mol. The molecular weight excluding hydrogens is 366 g/mol. The Morgan fingerprint density at radius 1 is 1.14 bits per heavy atom. The lowest BCUT2D eigenvalue weighted by Crippen LogP contribution is -2.38. The van der Waals surface area contributed by atoms with E-state index < -0.39 is 10.0 Å². The maximum atomic E-state index is 13.1. The molecular formula is C16H16BrNO3S. The number of halogens is 1. The number of hydrogen-bond acceptors (Lipinski definition) is 3. The van der Waals surface area contributed by atoms with E-state index in [1.54, 1.807) is 25.1 Å². The molecule has 1 aliphatic rings. The van der Waals surface area contributed by atoms with Crippen LogP contribution in [0.15, 0.2) is 45.8 Å². The quantitative estimate of drug-likeness (QED) is 0.797. The predicted molar refractivity (Wildman–Crippen MR) is 90.1 cm³/mol. The highest BCUT2D eigenvalue weighted by molar-refractivity contribution is 9.10. The van der Waals surface area contributed by atoms with Crippen LogP contribution in [0.5, 0.6) is 5.75 Å². The summed E-state index contributed by atoms with van der Waals surface area (Å²) in [6, 6.07) is 10.8.